The Kier molecular flexibility index (Phi) is 1.30. The molecule has 0 amide bonds. The molecule has 0 atom stereocenters. The number of rotatable bonds is 0. The Morgan fingerprint density at radius 1 is 1.44 bits per heavy atom. The summed E-state index contributed by atoms with van der Waals surface area (Å²) in [6.07, 6.45) is 5.00. The first-order valence-corrected chi connectivity index (χ1v) is 2.47. The number of hydrogen-bond donors (Lipinski definition) is 0. The van der Waals surface area contributed by atoms with E-state index in [0.717, 1.165) is 0 Å². The van der Waals surface area contributed by atoms with Crippen LogP contribution in [0.3, 0.4) is 0 Å². The van der Waals surface area contributed by atoms with Crippen LogP contribution in [-0.2, 0) is 9.59 Å². The lowest BCUT2D eigenvalue weighted by Crippen LogP contribution is -2.17. The van der Waals surface area contributed by atoms with Crippen LogP contribution in [-0.4, -0.2) is 11.6 Å². The lowest BCUT2D eigenvalue weighted by Gasteiger charge is -1.99. The minimum Gasteiger partial charge on any atom is -0.290 e. The molecule has 2 heteroatoms. The molecule has 0 saturated heterocycles. The van der Waals surface area contributed by atoms with Crippen LogP contribution in [0.25, 0.3) is 0 Å². The van der Waals surface area contributed by atoms with Crippen molar-refractivity contribution in [1.29, 1.82) is 0 Å². The molecule has 0 saturated carbocycles. The number of hydrogen-bond acceptors (Lipinski definition) is 2. The molecule has 1 rings (SSSR count). The molecule has 0 fully saturated rings. The van der Waals surface area contributed by atoms with Crippen LogP contribution in [0.4, 0.5) is 0 Å². The van der Waals surface area contributed by atoms with E-state index in [1.165, 1.54) is 0 Å². The summed E-state index contributed by atoms with van der Waals surface area (Å²) in [5.41, 5.74) is 0.117. The summed E-state index contributed by atoms with van der Waals surface area (Å²) in [4.78, 5) is 21.1. The van der Waals surface area contributed by atoms with Gasteiger partial charge < -0.3 is 0 Å². The second-order valence-corrected chi connectivity index (χ2v) is 1.71. The van der Waals surface area contributed by atoms with E-state index < -0.39 is 11.6 Å². The predicted molar refractivity (Wildman–Crippen MR) is 30.3 cm³/mol. The highest BCUT2D eigenvalue weighted by molar-refractivity contribution is 6.44. The van der Waals surface area contributed by atoms with Crippen LogP contribution >= 0.6 is 0 Å². The first-order chi connectivity index (χ1) is 4.22. The SMILES string of the molecule is C=C1[C]=[C]CC(=O)C1=O. The zero-order chi connectivity index (χ0) is 6.85. The maximum absolute atomic E-state index is 10.6. The lowest BCUT2D eigenvalue weighted by atomic mass is 10.0. The van der Waals surface area contributed by atoms with Gasteiger partial charge in [-0.2, -0.15) is 0 Å². The molecule has 44 valence electrons. The number of carbonyl (C=O) groups excluding carboxylic acids is 2. The molecule has 2 nitrogen and oxygen atoms in total. The van der Waals surface area contributed by atoms with Crippen molar-refractivity contribution in [3.63, 3.8) is 0 Å². The third kappa shape index (κ3) is 0.964. The molecule has 1 aliphatic carbocycles. The van der Waals surface area contributed by atoms with E-state index in [1.54, 1.807) is 0 Å². The van der Waals surface area contributed by atoms with Gasteiger partial charge >= 0.3 is 0 Å². The quantitative estimate of drug-likeness (QED) is 0.339. The van der Waals surface area contributed by atoms with Crippen molar-refractivity contribution in [3.05, 3.63) is 24.3 Å². The van der Waals surface area contributed by atoms with Crippen molar-refractivity contribution in [3.8, 4) is 0 Å². The highest BCUT2D eigenvalue weighted by Crippen LogP contribution is 2.04. The fourth-order valence-corrected chi connectivity index (χ4v) is 0.537. The summed E-state index contributed by atoms with van der Waals surface area (Å²) in [5, 5.41) is 0. The van der Waals surface area contributed by atoms with Gasteiger partial charge in [0, 0.05) is 12.0 Å². The maximum atomic E-state index is 10.6. The van der Waals surface area contributed by atoms with Crippen molar-refractivity contribution < 1.29 is 9.59 Å². The maximum Gasteiger partial charge on any atom is 0.228 e. The Morgan fingerprint density at radius 2 is 2.11 bits per heavy atom. The van der Waals surface area contributed by atoms with E-state index >= 15 is 0 Å². The fourth-order valence-electron chi connectivity index (χ4n) is 0.537. The van der Waals surface area contributed by atoms with Gasteiger partial charge in [0.2, 0.25) is 11.6 Å². The standard InChI is InChI=1S/C7H4O2/c1-5-3-2-4-6(8)7(5)9/h1,4H2. The molecular weight excluding hydrogens is 116 g/mol. The summed E-state index contributed by atoms with van der Waals surface area (Å²) in [6, 6.07) is 0. The molecule has 0 unspecified atom stereocenters. The number of carbonyl (C=O) groups is 2. The predicted octanol–water partition coefficient (Wildman–Crippen LogP) is 0.247. The minimum absolute atomic E-state index is 0.0534. The van der Waals surface area contributed by atoms with Crippen LogP contribution in [0.2, 0.25) is 0 Å². The van der Waals surface area contributed by atoms with Crippen molar-refractivity contribution in [2.24, 2.45) is 0 Å². The molecule has 1 aliphatic rings. The van der Waals surface area contributed by atoms with Gasteiger partial charge in [0.15, 0.2) is 0 Å². The van der Waals surface area contributed by atoms with Crippen LogP contribution in [0.1, 0.15) is 6.42 Å². The molecule has 0 heterocycles. The first kappa shape index (κ1) is 5.95. The zero-order valence-corrected chi connectivity index (χ0v) is 4.73. The summed E-state index contributed by atoms with van der Waals surface area (Å²) in [5.74, 6) is -0.979. The van der Waals surface area contributed by atoms with E-state index in [4.69, 9.17) is 0 Å². The van der Waals surface area contributed by atoms with E-state index in [1.807, 2.05) is 0 Å². The second-order valence-electron chi connectivity index (χ2n) is 1.71. The molecule has 0 aromatic rings. The highest BCUT2D eigenvalue weighted by Gasteiger charge is 2.17. The summed E-state index contributed by atoms with van der Waals surface area (Å²) in [7, 11) is 0. The molecule has 9 heavy (non-hydrogen) atoms. The first-order valence-electron chi connectivity index (χ1n) is 2.47. The van der Waals surface area contributed by atoms with Crippen LogP contribution < -0.4 is 0 Å². The molecule has 0 N–H and O–H groups in total. The largest absolute Gasteiger partial charge is 0.290 e. The van der Waals surface area contributed by atoms with Crippen LogP contribution in [0.5, 0.6) is 0 Å². The Balaban J connectivity index is 2.94. The molecule has 0 bridgehead atoms. The van der Waals surface area contributed by atoms with Gasteiger partial charge in [-0.25, -0.2) is 0 Å². The lowest BCUT2D eigenvalue weighted by molar-refractivity contribution is -0.134. The molecule has 0 spiro atoms. The molecule has 2 radical (unpaired) electrons. The highest BCUT2D eigenvalue weighted by atomic mass is 16.2. The number of ketones is 2. The van der Waals surface area contributed by atoms with Gasteiger partial charge in [-0.15, -0.1) is 0 Å². The monoisotopic (exact) mass is 120 g/mol. The summed E-state index contributed by atoms with van der Waals surface area (Å²) < 4.78 is 0. The Labute approximate surface area is 52.9 Å². The Morgan fingerprint density at radius 3 is 2.56 bits per heavy atom. The van der Waals surface area contributed by atoms with Crippen LogP contribution in [0, 0.1) is 12.2 Å². The van der Waals surface area contributed by atoms with E-state index in [2.05, 4.69) is 18.7 Å². The Bertz CT molecular complexity index is 211. The minimum atomic E-state index is -0.534. The summed E-state index contributed by atoms with van der Waals surface area (Å²) in [6.45, 7) is 3.30. The van der Waals surface area contributed by atoms with Gasteiger partial charge in [-0.3, -0.25) is 9.59 Å². The van der Waals surface area contributed by atoms with E-state index in [-0.39, 0.29) is 12.0 Å². The van der Waals surface area contributed by atoms with Gasteiger partial charge in [-0.05, 0) is 12.2 Å². The average molecular weight is 120 g/mol. The summed E-state index contributed by atoms with van der Waals surface area (Å²) >= 11 is 0. The third-order valence-electron chi connectivity index (χ3n) is 1.02. The average Bonchev–Trinajstić information content (AvgIpc) is 1.83. The van der Waals surface area contributed by atoms with Crippen molar-refractivity contribution in [1.82, 2.24) is 0 Å². The third-order valence-corrected chi connectivity index (χ3v) is 1.02. The smallest absolute Gasteiger partial charge is 0.228 e. The fraction of sp³-hybridized carbons (Fsp3) is 0.143. The number of allylic oxidation sites excluding steroid dienone is 3. The van der Waals surface area contributed by atoms with Crippen LogP contribution in [0.15, 0.2) is 12.2 Å². The van der Waals surface area contributed by atoms with E-state index in [0.29, 0.717) is 0 Å². The molecule has 0 aromatic heterocycles. The van der Waals surface area contributed by atoms with Crippen molar-refractivity contribution in [2.45, 2.75) is 6.42 Å². The van der Waals surface area contributed by atoms with Gasteiger partial charge in [0.05, 0.1) is 0 Å². The zero-order valence-electron chi connectivity index (χ0n) is 4.73. The van der Waals surface area contributed by atoms with Crippen molar-refractivity contribution >= 4 is 11.6 Å². The Hall–Kier alpha value is -1.18. The molecular formula is C7H4O2. The van der Waals surface area contributed by atoms with Gasteiger partial charge in [0.25, 0.3) is 0 Å². The topological polar surface area (TPSA) is 34.1 Å². The van der Waals surface area contributed by atoms with E-state index in [9.17, 15) is 9.59 Å². The number of Topliss-reactive ketones (excluding diaryl/α,β-unsaturated/α-hetero) is 2. The normalized spacial score (nSPS) is 18.9. The molecule has 0 aliphatic heterocycles. The van der Waals surface area contributed by atoms with Gasteiger partial charge in [0.1, 0.15) is 0 Å². The second kappa shape index (κ2) is 1.97. The van der Waals surface area contributed by atoms with Crippen molar-refractivity contribution in [2.75, 3.05) is 0 Å². The van der Waals surface area contributed by atoms with Gasteiger partial charge in [-0.1, -0.05) is 6.58 Å². The molecule has 0 aromatic carbocycles.